The van der Waals surface area contributed by atoms with E-state index in [0.717, 1.165) is 17.9 Å². The van der Waals surface area contributed by atoms with Gasteiger partial charge in [-0.25, -0.2) is 4.79 Å². The van der Waals surface area contributed by atoms with Gasteiger partial charge in [0.25, 0.3) is 5.91 Å². The number of amides is 3. The van der Waals surface area contributed by atoms with E-state index < -0.39 is 0 Å². The van der Waals surface area contributed by atoms with Crippen molar-refractivity contribution in [1.82, 2.24) is 9.80 Å². The van der Waals surface area contributed by atoms with Crippen LogP contribution >= 0.6 is 0 Å². The standard InChI is InChI=1S/C21H25N3O3/c1-2-27-19-11-9-17(10-12-19)20(25)23-13-6-14-24(16-15-23)21(26)22-18-7-4-3-5-8-18/h3-5,7-12H,2,6,13-16H2,1H3,(H,22,26). The summed E-state index contributed by atoms with van der Waals surface area (Å²) >= 11 is 0. The molecule has 6 nitrogen and oxygen atoms in total. The second-order valence-corrected chi connectivity index (χ2v) is 6.39. The molecule has 6 heteroatoms. The first-order chi connectivity index (χ1) is 13.2. The van der Waals surface area contributed by atoms with Crippen molar-refractivity contribution in [3.05, 3.63) is 60.2 Å². The topological polar surface area (TPSA) is 61.9 Å². The third-order valence-electron chi connectivity index (χ3n) is 4.51. The smallest absolute Gasteiger partial charge is 0.321 e. The van der Waals surface area contributed by atoms with Gasteiger partial charge in [-0.2, -0.15) is 0 Å². The molecule has 0 bridgehead atoms. The molecule has 0 aliphatic carbocycles. The molecule has 0 saturated carbocycles. The quantitative estimate of drug-likeness (QED) is 0.900. The molecular formula is C21H25N3O3. The fraction of sp³-hybridized carbons (Fsp3) is 0.333. The van der Waals surface area contributed by atoms with Gasteiger partial charge >= 0.3 is 6.03 Å². The second kappa shape index (κ2) is 9.07. The van der Waals surface area contributed by atoms with Crippen LogP contribution in [0.1, 0.15) is 23.7 Å². The average molecular weight is 367 g/mol. The number of urea groups is 1. The number of hydrogen-bond acceptors (Lipinski definition) is 3. The van der Waals surface area contributed by atoms with E-state index in [9.17, 15) is 9.59 Å². The van der Waals surface area contributed by atoms with Crippen molar-refractivity contribution in [2.45, 2.75) is 13.3 Å². The third-order valence-corrected chi connectivity index (χ3v) is 4.51. The number of nitrogens with zero attached hydrogens (tertiary/aromatic N) is 2. The van der Waals surface area contributed by atoms with Crippen LogP contribution in [0.25, 0.3) is 0 Å². The van der Waals surface area contributed by atoms with Crippen LogP contribution in [-0.2, 0) is 0 Å². The number of rotatable bonds is 4. The van der Waals surface area contributed by atoms with Crippen molar-refractivity contribution < 1.29 is 14.3 Å². The molecule has 0 atom stereocenters. The SMILES string of the molecule is CCOc1ccc(C(=O)N2CCCN(C(=O)Nc3ccccc3)CC2)cc1. The average Bonchev–Trinajstić information content (AvgIpc) is 2.95. The summed E-state index contributed by atoms with van der Waals surface area (Å²) in [5.41, 5.74) is 1.41. The molecule has 142 valence electrons. The fourth-order valence-electron chi connectivity index (χ4n) is 3.09. The van der Waals surface area contributed by atoms with E-state index in [1.807, 2.05) is 54.3 Å². The summed E-state index contributed by atoms with van der Waals surface area (Å²) in [6.45, 7) is 4.83. The van der Waals surface area contributed by atoms with Gasteiger partial charge in [-0.1, -0.05) is 18.2 Å². The van der Waals surface area contributed by atoms with Crippen LogP contribution in [0.3, 0.4) is 0 Å². The lowest BCUT2D eigenvalue weighted by Crippen LogP contribution is -2.39. The molecule has 2 aromatic carbocycles. The highest BCUT2D eigenvalue weighted by Crippen LogP contribution is 2.15. The summed E-state index contributed by atoms with van der Waals surface area (Å²) in [6.07, 6.45) is 0.755. The molecule has 0 radical (unpaired) electrons. The Morgan fingerprint density at radius 2 is 1.59 bits per heavy atom. The van der Waals surface area contributed by atoms with Gasteiger partial charge in [-0.3, -0.25) is 4.79 Å². The molecule has 0 unspecified atom stereocenters. The summed E-state index contributed by atoms with van der Waals surface area (Å²) in [6, 6.07) is 16.5. The normalized spacial score (nSPS) is 14.4. The Hall–Kier alpha value is -3.02. The van der Waals surface area contributed by atoms with E-state index in [1.54, 1.807) is 17.0 Å². The molecule has 3 amide bonds. The lowest BCUT2D eigenvalue weighted by Gasteiger charge is -2.22. The Kier molecular flexibility index (Phi) is 6.30. The van der Waals surface area contributed by atoms with Gasteiger partial charge in [0.15, 0.2) is 0 Å². The summed E-state index contributed by atoms with van der Waals surface area (Å²) < 4.78 is 5.42. The van der Waals surface area contributed by atoms with E-state index in [-0.39, 0.29) is 11.9 Å². The number of para-hydroxylation sites is 1. The molecule has 1 fully saturated rings. The molecular weight excluding hydrogens is 342 g/mol. The highest BCUT2D eigenvalue weighted by molar-refractivity contribution is 5.94. The highest BCUT2D eigenvalue weighted by atomic mass is 16.5. The zero-order chi connectivity index (χ0) is 19.1. The first-order valence-corrected chi connectivity index (χ1v) is 9.30. The number of carbonyl (C=O) groups is 2. The number of ether oxygens (including phenoxy) is 1. The van der Waals surface area contributed by atoms with E-state index in [0.29, 0.717) is 38.3 Å². The Morgan fingerprint density at radius 3 is 2.30 bits per heavy atom. The van der Waals surface area contributed by atoms with Gasteiger partial charge in [0.2, 0.25) is 0 Å². The van der Waals surface area contributed by atoms with Crippen LogP contribution in [0.5, 0.6) is 5.75 Å². The third kappa shape index (κ3) is 5.00. The van der Waals surface area contributed by atoms with Crippen LogP contribution in [0.4, 0.5) is 10.5 Å². The maximum absolute atomic E-state index is 12.8. The first-order valence-electron chi connectivity index (χ1n) is 9.30. The Bertz CT molecular complexity index is 762. The van der Waals surface area contributed by atoms with Gasteiger partial charge < -0.3 is 19.9 Å². The Balaban J connectivity index is 1.57. The predicted molar refractivity (Wildman–Crippen MR) is 105 cm³/mol. The molecule has 1 heterocycles. The number of anilines is 1. The summed E-state index contributed by atoms with van der Waals surface area (Å²) in [5, 5.41) is 2.90. The minimum absolute atomic E-state index is 0.0108. The maximum atomic E-state index is 12.8. The van der Waals surface area contributed by atoms with E-state index in [4.69, 9.17) is 4.74 Å². The van der Waals surface area contributed by atoms with Crippen LogP contribution in [0.2, 0.25) is 0 Å². The maximum Gasteiger partial charge on any atom is 0.321 e. The van der Waals surface area contributed by atoms with Gasteiger partial charge in [-0.15, -0.1) is 0 Å². The van der Waals surface area contributed by atoms with Crippen molar-refractivity contribution in [3.63, 3.8) is 0 Å². The Morgan fingerprint density at radius 1 is 0.926 bits per heavy atom. The molecule has 1 aliphatic heterocycles. The van der Waals surface area contributed by atoms with Crippen molar-refractivity contribution in [2.75, 3.05) is 38.1 Å². The van der Waals surface area contributed by atoms with Crippen LogP contribution in [0, 0.1) is 0 Å². The molecule has 1 aliphatic rings. The monoisotopic (exact) mass is 367 g/mol. The van der Waals surface area contributed by atoms with Crippen LogP contribution < -0.4 is 10.1 Å². The molecule has 2 aromatic rings. The van der Waals surface area contributed by atoms with Gasteiger partial charge in [-0.05, 0) is 49.7 Å². The van der Waals surface area contributed by atoms with E-state index in [2.05, 4.69) is 5.32 Å². The molecule has 3 rings (SSSR count). The lowest BCUT2D eigenvalue weighted by molar-refractivity contribution is 0.0762. The summed E-state index contributed by atoms with van der Waals surface area (Å²) in [7, 11) is 0. The number of carbonyl (C=O) groups excluding carboxylic acids is 2. The van der Waals surface area contributed by atoms with E-state index >= 15 is 0 Å². The minimum atomic E-state index is -0.128. The summed E-state index contributed by atoms with van der Waals surface area (Å²) in [4.78, 5) is 28.8. The number of hydrogen-bond donors (Lipinski definition) is 1. The van der Waals surface area contributed by atoms with E-state index in [1.165, 1.54) is 0 Å². The number of nitrogens with one attached hydrogen (secondary N) is 1. The zero-order valence-electron chi connectivity index (χ0n) is 15.6. The van der Waals surface area contributed by atoms with Gasteiger partial charge in [0.1, 0.15) is 5.75 Å². The van der Waals surface area contributed by atoms with Crippen molar-refractivity contribution in [2.24, 2.45) is 0 Å². The van der Waals surface area contributed by atoms with Crippen molar-refractivity contribution in [3.8, 4) is 5.75 Å². The summed E-state index contributed by atoms with van der Waals surface area (Å²) in [5.74, 6) is 0.747. The molecule has 27 heavy (non-hydrogen) atoms. The predicted octanol–water partition coefficient (Wildman–Crippen LogP) is 3.47. The van der Waals surface area contributed by atoms with Crippen LogP contribution in [-0.4, -0.2) is 54.5 Å². The molecule has 1 saturated heterocycles. The van der Waals surface area contributed by atoms with Gasteiger partial charge in [0.05, 0.1) is 6.61 Å². The highest BCUT2D eigenvalue weighted by Gasteiger charge is 2.23. The largest absolute Gasteiger partial charge is 0.494 e. The number of benzene rings is 2. The minimum Gasteiger partial charge on any atom is -0.494 e. The van der Waals surface area contributed by atoms with Crippen molar-refractivity contribution in [1.29, 1.82) is 0 Å². The Labute approximate surface area is 159 Å². The molecule has 0 spiro atoms. The van der Waals surface area contributed by atoms with Crippen LogP contribution in [0.15, 0.2) is 54.6 Å². The van der Waals surface area contributed by atoms with Gasteiger partial charge in [0, 0.05) is 37.4 Å². The fourth-order valence-corrected chi connectivity index (χ4v) is 3.09. The molecule has 1 N–H and O–H groups in total. The second-order valence-electron chi connectivity index (χ2n) is 6.39. The molecule has 0 aromatic heterocycles. The van der Waals surface area contributed by atoms with Crippen molar-refractivity contribution >= 4 is 17.6 Å². The first kappa shape index (κ1) is 18.8. The zero-order valence-corrected chi connectivity index (χ0v) is 15.6. The lowest BCUT2D eigenvalue weighted by atomic mass is 10.2.